The molecule has 0 aliphatic rings. The van der Waals surface area contributed by atoms with Crippen molar-refractivity contribution in [2.24, 2.45) is 0 Å². The standard InChI is InChI=1S/C35H21N3S/c1-4-12-30-24(8-1)25-9-2-5-13-31(25)37(30)22-15-17-33-28(20-22)29-21-23(16-18-34(29)39-33)38-32-14-6-3-10-26(32)27-11-7-19-36-35(27)38/h1-21H. The summed E-state index contributed by atoms with van der Waals surface area (Å²) in [4.78, 5) is 4.79. The summed E-state index contributed by atoms with van der Waals surface area (Å²) in [5.41, 5.74) is 6.95. The molecule has 4 heterocycles. The molecular weight excluding hydrogens is 494 g/mol. The van der Waals surface area contributed by atoms with Crippen LogP contribution in [0.3, 0.4) is 0 Å². The Bertz CT molecular complexity index is 2130. The summed E-state index contributed by atoms with van der Waals surface area (Å²) in [5.74, 6) is 0. The number of rotatable bonds is 2. The summed E-state index contributed by atoms with van der Waals surface area (Å²) in [5, 5.41) is 7.53. The molecule has 0 spiro atoms. The van der Waals surface area contributed by atoms with Gasteiger partial charge in [0.15, 0.2) is 0 Å². The Kier molecular flexibility index (Phi) is 4.21. The lowest BCUT2D eigenvalue weighted by atomic mass is 10.1. The second-order valence-corrected chi connectivity index (χ2v) is 11.1. The van der Waals surface area contributed by atoms with Crippen molar-refractivity contribution in [2.45, 2.75) is 0 Å². The van der Waals surface area contributed by atoms with Crippen molar-refractivity contribution in [3.63, 3.8) is 0 Å². The molecule has 0 unspecified atom stereocenters. The van der Waals surface area contributed by atoms with Crippen molar-refractivity contribution < 1.29 is 0 Å². The van der Waals surface area contributed by atoms with Gasteiger partial charge in [0, 0.05) is 59.3 Å². The van der Waals surface area contributed by atoms with Crippen LogP contribution in [0.2, 0.25) is 0 Å². The number of fused-ring (bicyclic) bond motifs is 9. The fourth-order valence-corrected chi connectivity index (χ4v) is 7.36. The molecule has 9 rings (SSSR count). The third-order valence-electron chi connectivity index (χ3n) is 7.97. The minimum absolute atomic E-state index is 0.989. The van der Waals surface area contributed by atoms with Gasteiger partial charge in [-0.25, -0.2) is 4.98 Å². The zero-order chi connectivity index (χ0) is 25.5. The van der Waals surface area contributed by atoms with Gasteiger partial charge in [0.05, 0.1) is 16.6 Å². The monoisotopic (exact) mass is 515 g/mol. The molecule has 39 heavy (non-hydrogen) atoms. The summed E-state index contributed by atoms with van der Waals surface area (Å²) in [6.45, 7) is 0. The maximum atomic E-state index is 4.79. The highest BCUT2D eigenvalue weighted by Crippen LogP contribution is 2.39. The molecule has 182 valence electrons. The first-order valence-corrected chi connectivity index (χ1v) is 14.0. The van der Waals surface area contributed by atoms with Crippen LogP contribution in [-0.4, -0.2) is 14.1 Å². The van der Waals surface area contributed by atoms with Gasteiger partial charge < -0.3 is 4.57 Å². The predicted octanol–water partition coefficient (Wildman–Crippen LogP) is 9.64. The van der Waals surface area contributed by atoms with Gasteiger partial charge in [-0.05, 0) is 66.7 Å². The van der Waals surface area contributed by atoms with Crippen molar-refractivity contribution in [3.8, 4) is 11.4 Å². The third-order valence-corrected chi connectivity index (χ3v) is 9.12. The lowest BCUT2D eigenvalue weighted by molar-refractivity contribution is 1.14. The van der Waals surface area contributed by atoms with Crippen LogP contribution in [-0.2, 0) is 0 Å². The predicted molar refractivity (Wildman–Crippen MR) is 166 cm³/mol. The average molecular weight is 516 g/mol. The van der Waals surface area contributed by atoms with Gasteiger partial charge in [0.25, 0.3) is 0 Å². The normalized spacial score (nSPS) is 12.1. The van der Waals surface area contributed by atoms with Gasteiger partial charge in [-0.15, -0.1) is 11.3 Å². The van der Waals surface area contributed by atoms with Gasteiger partial charge in [-0.2, -0.15) is 0 Å². The second kappa shape index (κ2) is 7.79. The van der Waals surface area contributed by atoms with E-state index in [0.717, 1.165) is 11.3 Å². The van der Waals surface area contributed by atoms with Gasteiger partial charge in [0.2, 0.25) is 0 Å². The number of benzene rings is 5. The molecule has 0 N–H and O–H groups in total. The second-order valence-electron chi connectivity index (χ2n) is 10.1. The molecule has 4 aromatic heterocycles. The molecule has 0 fully saturated rings. The fourth-order valence-electron chi connectivity index (χ4n) is 6.29. The molecule has 0 atom stereocenters. The number of hydrogen-bond acceptors (Lipinski definition) is 2. The van der Waals surface area contributed by atoms with Crippen LogP contribution in [0.1, 0.15) is 0 Å². The van der Waals surface area contributed by atoms with Gasteiger partial charge in [-0.3, -0.25) is 4.57 Å². The highest BCUT2D eigenvalue weighted by Gasteiger charge is 2.16. The van der Waals surface area contributed by atoms with Gasteiger partial charge >= 0.3 is 0 Å². The minimum Gasteiger partial charge on any atom is -0.309 e. The Hall–Kier alpha value is -4.93. The molecule has 0 bridgehead atoms. The van der Waals surface area contributed by atoms with Crippen molar-refractivity contribution >= 4 is 75.3 Å². The smallest absolute Gasteiger partial charge is 0.145 e. The van der Waals surface area contributed by atoms with Crippen LogP contribution < -0.4 is 0 Å². The average Bonchev–Trinajstić information content (AvgIpc) is 3.64. The van der Waals surface area contributed by atoms with Crippen LogP contribution in [0.15, 0.2) is 128 Å². The van der Waals surface area contributed by atoms with E-state index in [-0.39, 0.29) is 0 Å². The van der Waals surface area contributed by atoms with E-state index in [9.17, 15) is 0 Å². The lowest BCUT2D eigenvalue weighted by Gasteiger charge is -2.09. The molecule has 9 aromatic rings. The van der Waals surface area contributed by atoms with E-state index in [1.165, 1.54) is 64.0 Å². The largest absolute Gasteiger partial charge is 0.309 e. The molecule has 0 amide bonds. The van der Waals surface area contributed by atoms with Crippen LogP contribution in [0, 0.1) is 0 Å². The first kappa shape index (κ1) is 21.1. The minimum atomic E-state index is 0.989. The van der Waals surface area contributed by atoms with Gasteiger partial charge in [0.1, 0.15) is 5.65 Å². The highest BCUT2D eigenvalue weighted by molar-refractivity contribution is 7.25. The van der Waals surface area contributed by atoms with E-state index in [1.807, 2.05) is 23.6 Å². The van der Waals surface area contributed by atoms with E-state index < -0.39 is 0 Å². The van der Waals surface area contributed by atoms with Crippen LogP contribution in [0.5, 0.6) is 0 Å². The van der Waals surface area contributed by atoms with Crippen LogP contribution in [0.4, 0.5) is 0 Å². The maximum absolute atomic E-state index is 4.79. The molecule has 0 radical (unpaired) electrons. The topological polar surface area (TPSA) is 22.8 Å². The quantitative estimate of drug-likeness (QED) is 0.225. The van der Waals surface area contributed by atoms with Crippen LogP contribution >= 0.6 is 11.3 Å². The first-order valence-electron chi connectivity index (χ1n) is 13.1. The van der Waals surface area contributed by atoms with Gasteiger partial charge in [-0.1, -0.05) is 54.6 Å². The maximum Gasteiger partial charge on any atom is 0.145 e. The molecule has 0 saturated carbocycles. The van der Waals surface area contributed by atoms with Crippen LogP contribution in [0.25, 0.3) is 75.3 Å². The summed E-state index contributed by atoms with van der Waals surface area (Å²) < 4.78 is 7.28. The number of thiophene rings is 1. The third kappa shape index (κ3) is 2.89. The molecule has 0 aliphatic heterocycles. The molecule has 0 aliphatic carbocycles. The lowest BCUT2D eigenvalue weighted by Crippen LogP contribution is -1.95. The van der Waals surface area contributed by atoms with E-state index >= 15 is 0 Å². The summed E-state index contributed by atoms with van der Waals surface area (Å²) >= 11 is 1.85. The highest BCUT2D eigenvalue weighted by atomic mass is 32.1. The van der Waals surface area contributed by atoms with E-state index in [2.05, 4.69) is 124 Å². The Morgan fingerprint density at radius 3 is 1.54 bits per heavy atom. The SMILES string of the molecule is c1ccc2c(c1)c1ccccc1n2-c1ccc2sc3ccc(-n4c5ccccc5c5cccnc54)cc3c2c1. The number of para-hydroxylation sites is 3. The Morgan fingerprint density at radius 1 is 0.436 bits per heavy atom. The number of pyridine rings is 1. The Labute approximate surface area is 227 Å². The van der Waals surface area contributed by atoms with Crippen molar-refractivity contribution in [3.05, 3.63) is 128 Å². The van der Waals surface area contributed by atoms with E-state index in [4.69, 9.17) is 4.98 Å². The zero-order valence-corrected chi connectivity index (χ0v) is 21.7. The molecule has 5 aromatic carbocycles. The first-order chi connectivity index (χ1) is 19.3. The van der Waals surface area contributed by atoms with Crippen molar-refractivity contribution in [1.82, 2.24) is 14.1 Å². The Morgan fingerprint density at radius 2 is 0.923 bits per heavy atom. The van der Waals surface area contributed by atoms with Crippen molar-refractivity contribution in [2.75, 3.05) is 0 Å². The molecule has 3 nitrogen and oxygen atoms in total. The van der Waals surface area contributed by atoms with Crippen molar-refractivity contribution in [1.29, 1.82) is 0 Å². The summed E-state index contributed by atoms with van der Waals surface area (Å²) in [7, 11) is 0. The molecule has 4 heteroatoms. The summed E-state index contributed by atoms with van der Waals surface area (Å²) in [6, 6.07) is 43.9. The molecule has 0 saturated heterocycles. The number of aromatic nitrogens is 3. The molecular formula is C35H21N3S. The zero-order valence-electron chi connectivity index (χ0n) is 20.9. The Balaban J connectivity index is 1.32. The number of nitrogens with zero attached hydrogens (tertiary/aromatic N) is 3. The van der Waals surface area contributed by atoms with E-state index in [1.54, 1.807) is 0 Å². The van der Waals surface area contributed by atoms with E-state index in [0.29, 0.717) is 0 Å². The number of hydrogen-bond donors (Lipinski definition) is 0. The fraction of sp³-hybridized carbons (Fsp3) is 0. The summed E-state index contributed by atoms with van der Waals surface area (Å²) in [6.07, 6.45) is 1.88.